The highest BCUT2D eigenvalue weighted by Crippen LogP contribution is 2.50. The van der Waals surface area contributed by atoms with E-state index in [1.807, 2.05) is 31.1 Å². The number of nitrogens with one attached hydrogen (secondary N) is 3. The monoisotopic (exact) mass is 509 g/mol. The maximum Gasteiger partial charge on any atom is 0.333 e. The number of hydrogen-bond acceptors (Lipinski definition) is 9. The number of amides is 3. The van der Waals surface area contributed by atoms with Gasteiger partial charge in [0.2, 0.25) is 5.91 Å². The largest absolute Gasteiger partial charge is 0.379 e. The molecule has 36 heavy (non-hydrogen) atoms. The molecule has 3 aliphatic rings. The Labute approximate surface area is 212 Å². The van der Waals surface area contributed by atoms with Crippen LogP contribution in [0.4, 0.5) is 15.5 Å². The molecule has 2 aromatic rings. The number of carbonyl (C=O) groups excluding carboxylic acids is 3. The highest BCUT2D eigenvalue weighted by molar-refractivity contribution is 7.17. The van der Waals surface area contributed by atoms with E-state index < -0.39 is 12.1 Å². The summed E-state index contributed by atoms with van der Waals surface area (Å²) in [5, 5.41) is 16.9. The Kier molecular flexibility index (Phi) is 6.92. The van der Waals surface area contributed by atoms with Gasteiger partial charge in [-0.1, -0.05) is 12.1 Å². The fourth-order valence-corrected chi connectivity index (χ4v) is 5.23. The molecule has 0 bridgehead atoms. The van der Waals surface area contributed by atoms with Crippen molar-refractivity contribution in [1.29, 1.82) is 0 Å². The lowest BCUT2D eigenvalue weighted by molar-refractivity contribution is -0.116. The summed E-state index contributed by atoms with van der Waals surface area (Å²) < 4.78 is 5.30. The topological polar surface area (TPSA) is 128 Å². The van der Waals surface area contributed by atoms with Gasteiger partial charge in [0.1, 0.15) is 11.7 Å². The first-order valence-electron chi connectivity index (χ1n) is 11.7. The number of anilines is 2. The lowest BCUT2D eigenvalue weighted by Gasteiger charge is -2.27. The molecule has 3 heterocycles. The van der Waals surface area contributed by atoms with Gasteiger partial charge in [0.25, 0.3) is 0 Å². The average molecular weight is 510 g/mol. The molecule has 0 radical (unpaired) electrons. The number of carbonyl (C=O) groups is 3. The van der Waals surface area contributed by atoms with Crippen molar-refractivity contribution in [1.82, 2.24) is 15.3 Å². The van der Waals surface area contributed by atoms with Gasteiger partial charge in [0.15, 0.2) is 5.78 Å². The average Bonchev–Trinajstić information content (AvgIpc) is 3.55. The van der Waals surface area contributed by atoms with Crippen LogP contribution in [0.3, 0.4) is 0 Å². The Hall–Kier alpha value is -3.45. The lowest BCUT2D eigenvalue weighted by atomic mass is 10.1. The number of benzene rings is 1. The Morgan fingerprint density at radius 1 is 1.17 bits per heavy atom. The Balaban J connectivity index is 1.33. The number of fused-ring (bicyclic) bond motifs is 3. The first-order chi connectivity index (χ1) is 17.4. The van der Waals surface area contributed by atoms with E-state index in [9.17, 15) is 14.4 Å². The molecule has 2 aliphatic heterocycles. The molecule has 5 rings (SSSR count). The van der Waals surface area contributed by atoms with Crippen LogP contribution in [0.1, 0.15) is 33.3 Å². The fraction of sp³-hybridized carbons (Fsp3) is 0.375. The van der Waals surface area contributed by atoms with Gasteiger partial charge >= 0.3 is 6.03 Å². The van der Waals surface area contributed by atoms with Gasteiger partial charge < -0.3 is 20.3 Å². The molecule has 1 aromatic carbocycles. The van der Waals surface area contributed by atoms with Crippen LogP contribution in [0.2, 0.25) is 0 Å². The zero-order valence-corrected chi connectivity index (χ0v) is 20.9. The van der Waals surface area contributed by atoms with Crippen molar-refractivity contribution in [3.8, 4) is 0 Å². The van der Waals surface area contributed by atoms with Gasteiger partial charge in [-0.2, -0.15) is 10.2 Å². The van der Waals surface area contributed by atoms with E-state index in [1.54, 1.807) is 23.2 Å². The number of ether oxygens (including phenoxy) is 1. The van der Waals surface area contributed by atoms with Crippen molar-refractivity contribution < 1.29 is 19.1 Å². The number of hydrazine groups is 1. The molecule has 3 amide bonds. The summed E-state index contributed by atoms with van der Waals surface area (Å²) in [6.45, 7) is 2.94. The van der Waals surface area contributed by atoms with E-state index >= 15 is 0 Å². The van der Waals surface area contributed by atoms with Crippen LogP contribution in [0.25, 0.3) is 5.70 Å². The standard InChI is InChI=1S/C24H27N7O4S/c1-30(2)9-8-17(32)26-18-7-6-16(36-18)22-20-21(27-28-22)14-4-3-5-15(19(14)23(20)33)25-24(34)29-31-10-12-35-13-11-31/h3-7,21H,8-13H2,1-2H3,(H,26,32)(H2,25,29,34). The summed E-state index contributed by atoms with van der Waals surface area (Å²) in [6, 6.07) is 8.05. The summed E-state index contributed by atoms with van der Waals surface area (Å²) in [5.41, 5.74) is 5.36. The van der Waals surface area contributed by atoms with Gasteiger partial charge in [-0.25, -0.2) is 9.80 Å². The number of nitrogens with zero attached hydrogens (tertiary/aromatic N) is 4. The van der Waals surface area contributed by atoms with Gasteiger partial charge in [0, 0.05) is 26.1 Å². The van der Waals surface area contributed by atoms with Crippen molar-refractivity contribution in [3.63, 3.8) is 0 Å². The number of morpholine rings is 1. The first kappa shape index (κ1) is 24.3. The number of thiophene rings is 1. The summed E-state index contributed by atoms with van der Waals surface area (Å²) in [6.07, 6.45) is 0.388. The molecule has 1 fully saturated rings. The van der Waals surface area contributed by atoms with Crippen molar-refractivity contribution in [2.24, 2.45) is 10.2 Å². The molecular formula is C24H27N7O4S. The minimum atomic E-state index is -0.508. The third kappa shape index (κ3) is 4.93. The molecule has 1 aliphatic carbocycles. The predicted octanol–water partition coefficient (Wildman–Crippen LogP) is 3.12. The zero-order chi connectivity index (χ0) is 25.2. The third-order valence-electron chi connectivity index (χ3n) is 6.07. The second kappa shape index (κ2) is 10.3. The van der Waals surface area contributed by atoms with E-state index in [-0.39, 0.29) is 11.7 Å². The maximum absolute atomic E-state index is 13.5. The highest BCUT2D eigenvalue weighted by Gasteiger charge is 2.42. The van der Waals surface area contributed by atoms with E-state index in [4.69, 9.17) is 4.74 Å². The summed E-state index contributed by atoms with van der Waals surface area (Å²) in [7, 11) is 3.83. The first-order valence-corrected chi connectivity index (χ1v) is 12.5. The third-order valence-corrected chi connectivity index (χ3v) is 7.08. The minimum absolute atomic E-state index is 0.0731. The molecule has 1 aromatic heterocycles. The quantitative estimate of drug-likeness (QED) is 0.526. The molecule has 188 valence electrons. The minimum Gasteiger partial charge on any atom is -0.379 e. The number of rotatable bonds is 7. The zero-order valence-electron chi connectivity index (χ0n) is 20.0. The Morgan fingerprint density at radius 3 is 2.75 bits per heavy atom. The smallest absolute Gasteiger partial charge is 0.333 e. The molecule has 0 saturated carbocycles. The number of azo groups is 1. The van der Waals surface area contributed by atoms with Gasteiger partial charge in [-0.3, -0.25) is 15.0 Å². The van der Waals surface area contributed by atoms with Gasteiger partial charge in [0.05, 0.1) is 39.9 Å². The van der Waals surface area contributed by atoms with Gasteiger partial charge in [-0.05, 0) is 37.9 Å². The van der Waals surface area contributed by atoms with Crippen LogP contribution in [-0.2, 0) is 9.53 Å². The van der Waals surface area contributed by atoms with E-state index in [0.717, 1.165) is 4.88 Å². The summed E-state index contributed by atoms with van der Waals surface area (Å²) >= 11 is 1.35. The number of ketones is 1. The molecule has 3 N–H and O–H groups in total. The predicted molar refractivity (Wildman–Crippen MR) is 136 cm³/mol. The van der Waals surface area contributed by atoms with Crippen molar-refractivity contribution in [2.45, 2.75) is 12.5 Å². The van der Waals surface area contributed by atoms with Crippen LogP contribution in [0, 0.1) is 0 Å². The summed E-state index contributed by atoms with van der Waals surface area (Å²) in [5.74, 6) is -0.279. The van der Waals surface area contributed by atoms with Crippen LogP contribution in [-0.4, -0.2) is 74.6 Å². The number of Topliss-reactive ketones (excluding diaryl/α,β-unsaturated/α-hetero) is 1. The molecule has 12 heteroatoms. The Bertz CT molecular complexity index is 1260. The van der Waals surface area contributed by atoms with E-state index in [0.29, 0.717) is 72.4 Å². The lowest BCUT2D eigenvalue weighted by Crippen LogP contribution is -2.49. The van der Waals surface area contributed by atoms with Crippen molar-refractivity contribution in [2.75, 3.05) is 57.6 Å². The molecule has 1 unspecified atom stereocenters. The normalized spacial score (nSPS) is 19.0. The van der Waals surface area contributed by atoms with Crippen LogP contribution >= 0.6 is 11.3 Å². The summed E-state index contributed by atoms with van der Waals surface area (Å²) in [4.78, 5) is 41.0. The van der Waals surface area contributed by atoms with Crippen molar-refractivity contribution in [3.05, 3.63) is 51.9 Å². The highest BCUT2D eigenvalue weighted by atomic mass is 32.1. The molecule has 0 spiro atoms. The van der Waals surface area contributed by atoms with Crippen LogP contribution in [0.15, 0.2) is 46.1 Å². The van der Waals surface area contributed by atoms with Gasteiger partial charge in [-0.15, -0.1) is 11.3 Å². The van der Waals surface area contributed by atoms with Crippen LogP contribution < -0.4 is 16.1 Å². The second-order valence-electron chi connectivity index (χ2n) is 8.91. The number of hydrogen-bond donors (Lipinski definition) is 3. The molecule has 11 nitrogen and oxygen atoms in total. The second-order valence-corrected chi connectivity index (χ2v) is 9.99. The molecule has 1 saturated heterocycles. The van der Waals surface area contributed by atoms with E-state index in [1.165, 1.54) is 11.3 Å². The van der Waals surface area contributed by atoms with Crippen LogP contribution in [0.5, 0.6) is 0 Å². The number of urea groups is 1. The fourth-order valence-electron chi connectivity index (χ4n) is 4.30. The SMILES string of the molecule is CN(C)CCC(=O)Nc1ccc(C2=C3C(=O)c4c(NC(=O)NN5CCOCC5)cccc4C3N=N2)s1. The van der Waals surface area contributed by atoms with Crippen molar-refractivity contribution >= 4 is 45.4 Å². The van der Waals surface area contributed by atoms with E-state index in [2.05, 4.69) is 26.3 Å². The maximum atomic E-state index is 13.5. The Morgan fingerprint density at radius 2 is 1.97 bits per heavy atom. The molecule has 1 atom stereocenters. The molecular weight excluding hydrogens is 482 g/mol.